The molecule has 1 aliphatic rings. The van der Waals surface area contributed by atoms with Gasteiger partial charge >= 0.3 is 5.97 Å². The lowest BCUT2D eigenvalue weighted by Gasteiger charge is -2.26. The number of H-pyrrole nitrogens is 1. The van der Waals surface area contributed by atoms with E-state index in [1.807, 2.05) is 36.5 Å². The lowest BCUT2D eigenvalue weighted by atomic mass is 10.0. The molecule has 2 aromatic rings. The van der Waals surface area contributed by atoms with Crippen LogP contribution in [0.1, 0.15) is 36.3 Å². The molecular formula is C17H20N4O2S. The van der Waals surface area contributed by atoms with E-state index >= 15 is 0 Å². The van der Waals surface area contributed by atoms with Crippen LogP contribution in [0.2, 0.25) is 0 Å². The number of carbonyl (C=O) groups excluding carboxylic acids is 1. The molecule has 24 heavy (non-hydrogen) atoms. The highest BCUT2D eigenvalue weighted by molar-refractivity contribution is 7.80. The number of rotatable bonds is 6. The van der Waals surface area contributed by atoms with Gasteiger partial charge in [-0.15, -0.1) is 0 Å². The van der Waals surface area contributed by atoms with Crippen LogP contribution in [-0.2, 0) is 9.53 Å². The summed E-state index contributed by atoms with van der Waals surface area (Å²) in [5.41, 5.74) is 2.01. The number of aromatic amines is 1. The summed E-state index contributed by atoms with van der Waals surface area (Å²) in [7, 11) is 1.41. The molecule has 6 nitrogen and oxygen atoms in total. The fourth-order valence-electron chi connectivity index (χ4n) is 3.01. The van der Waals surface area contributed by atoms with Crippen molar-refractivity contribution in [2.75, 3.05) is 13.7 Å². The Kier molecular flexibility index (Phi) is 5.10. The second-order valence-corrected chi connectivity index (χ2v) is 6.01. The highest BCUT2D eigenvalue weighted by atomic mass is 32.1. The van der Waals surface area contributed by atoms with Crippen molar-refractivity contribution in [1.29, 1.82) is 0 Å². The highest BCUT2D eigenvalue weighted by Crippen LogP contribution is 2.37. The van der Waals surface area contributed by atoms with E-state index < -0.39 is 0 Å². The molecule has 0 unspecified atom stereocenters. The van der Waals surface area contributed by atoms with Crippen LogP contribution in [0.3, 0.4) is 0 Å². The third-order valence-electron chi connectivity index (χ3n) is 4.15. The fourth-order valence-corrected chi connectivity index (χ4v) is 3.34. The summed E-state index contributed by atoms with van der Waals surface area (Å²) in [5.74, 6) is -0.203. The number of esters is 1. The normalized spacial score (nSPS) is 20.0. The van der Waals surface area contributed by atoms with Gasteiger partial charge in [-0.1, -0.05) is 6.07 Å². The first-order chi connectivity index (χ1) is 11.7. The molecule has 7 heteroatoms. The Balaban J connectivity index is 1.81. The summed E-state index contributed by atoms with van der Waals surface area (Å²) in [5, 5.41) is 4.05. The molecular weight excluding hydrogens is 324 g/mol. The second kappa shape index (κ2) is 7.44. The van der Waals surface area contributed by atoms with Gasteiger partial charge < -0.3 is 19.9 Å². The van der Waals surface area contributed by atoms with Gasteiger partial charge in [0.25, 0.3) is 0 Å². The van der Waals surface area contributed by atoms with E-state index in [1.165, 1.54) is 7.11 Å². The largest absolute Gasteiger partial charge is 0.469 e. The second-order valence-electron chi connectivity index (χ2n) is 5.63. The fraction of sp³-hybridized carbons (Fsp3) is 0.353. The average molecular weight is 344 g/mol. The number of hydrogen-bond donors (Lipinski definition) is 2. The Morgan fingerprint density at radius 3 is 2.92 bits per heavy atom. The number of ether oxygens (including phenoxy) is 1. The van der Waals surface area contributed by atoms with Crippen LogP contribution in [0.4, 0.5) is 0 Å². The van der Waals surface area contributed by atoms with Crippen LogP contribution in [0.15, 0.2) is 42.7 Å². The standard InChI is InChI=1S/C17H20N4O2S/c1-23-14(22)8-5-11-21-16(13-7-4-10-19-13)15(20-17(21)24)12-6-2-3-9-18-12/h2-4,6-7,9-10,15-16,19H,5,8,11H2,1H3,(H,20,24)/t15-,16+/m1/s1. The van der Waals surface area contributed by atoms with Gasteiger partial charge in [0.1, 0.15) is 0 Å². The van der Waals surface area contributed by atoms with Gasteiger partial charge in [-0.2, -0.15) is 0 Å². The Morgan fingerprint density at radius 1 is 1.38 bits per heavy atom. The zero-order valence-corrected chi connectivity index (χ0v) is 14.3. The molecule has 126 valence electrons. The summed E-state index contributed by atoms with van der Waals surface area (Å²) in [6.07, 6.45) is 4.74. The molecule has 2 N–H and O–H groups in total. The lowest BCUT2D eigenvalue weighted by Crippen LogP contribution is -2.31. The molecule has 1 aliphatic heterocycles. The molecule has 0 aliphatic carbocycles. The monoisotopic (exact) mass is 344 g/mol. The summed E-state index contributed by atoms with van der Waals surface area (Å²) in [6, 6.07) is 9.86. The number of hydrogen-bond acceptors (Lipinski definition) is 4. The van der Waals surface area contributed by atoms with Crippen molar-refractivity contribution in [3.63, 3.8) is 0 Å². The summed E-state index contributed by atoms with van der Waals surface area (Å²) in [6.45, 7) is 0.675. The third kappa shape index (κ3) is 3.41. The zero-order chi connectivity index (χ0) is 16.9. The van der Waals surface area contributed by atoms with Gasteiger partial charge in [-0.05, 0) is 42.9 Å². The van der Waals surface area contributed by atoms with E-state index in [1.54, 1.807) is 6.20 Å². The molecule has 3 heterocycles. The van der Waals surface area contributed by atoms with Crippen LogP contribution in [0.5, 0.6) is 0 Å². The van der Waals surface area contributed by atoms with E-state index in [2.05, 4.69) is 20.2 Å². The van der Waals surface area contributed by atoms with Crippen LogP contribution >= 0.6 is 12.2 Å². The van der Waals surface area contributed by atoms with Gasteiger partial charge in [-0.3, -0.25) is 9.78 Å². The SMILES string of the molecule is COC(=O)CCCN1C(=S)N[C@H](c2ccccn2)[C@@H]1c1ccc[nH]1. The lowest BCUT2D eigenvalue weighted by molar-refractivity contribution is -0.140. The minimum atomic E-state index is -0.203. The van der Waals surface area contributed by atoms with Crippen molar-refractivity contribution in [2.24, 2.45) is 0 Å². The third-order valence-corrected chi connectivity index (χ3v) is 4.50. The maximum Gasteiger partial charge on any atom is 0.305 e. The van der Waals surface area contributed by atoms with Crippen molar-refractivity contribution in [3.05, 3.63) is 54.1 Å². The van der Waals surface area contributed by atoms with Crippen molar-refractivity contribution < 1.29 is 9.53 Å². The smallest absolute Gasteiger partial charge is 0.305 e. The molecule has 2 atom stereocenters. The molecule has 0 amide bonds. The maximum atomic E-state index is 11.4. The van der Waals surface area contributed by atoms with E-state index in [9.17, 15) is 4.79 Å². The quantitative estimate of drug-likeness (QED) is 0.619. The number of nitrogens with zero attached hydrogens (tertiary/aromatic N) is 2. The summed E-state index contributed by atoms with van der Waals surface area (Å²) < 4.78 is 4.71. The average Bonchev–Trinajstić information content (AvgIpc) is 3.24. The minimum Gasteiger partial charge on any atom is -0.469 e. The van der Waals surface area contributed by atoms with Crippen LogP contribution in [0, 0.1) is 0 Å². The number of thiocarbonyl (C=S) groups is 1. The molecule has 2 aromatic heterocycles. The van der Waals surface area contributed by atoms with Gasteiger partial charge in [0.15, 0.2) is 5.11 Å². The van der Waals surface area contributed by atoms with E-state index in [0.29, 0.717) is 24.5 Å². The zero-order valence-electron chi connectivity index (χ0n) is 13.4. The first-order valence-electron chi connectivity index (χ1n) is 7.89. The Labute approximate surface area is 146 Å². The minimum absolute atomic E-state index is 0.0139. The molecule has 1 saturated heterocycles. The molecule has 0 saturated carbocycles. The predicted octanol–water partition coefficient (Wildman–Crippen LogP) is 2.34. The Bertz CT molecular complexity index is 690. The molecule has 3 rings (SSSR count). The predicted molar refractivity (Wildman–Crippen MR) is 94.2 cm³/mol. The Hall–Kier alpha value is -2.41. The van der Waals surface area contributed by atoms with Crippen LogP contribution in [0.25, 0.3) is 0 Å². The summed E-state index contributed by atoms with van der Waals surface area (Å²) >= 11 is 5.53. The molecule has 0 aromatic carbocycles. The first-order valence-corrected chi connectivity index (χ1v) is 8.29. The van der Waals surface area contributed by atoms with Crippen molar-refractivity contribution in [2.45, 2.75) is 24.9 Å². The van der Waals surface area contributed by atoms with Gasteiger partial charge in [0, 0.05) is 31.1 Å². The van der Waals surface area contributed by atoms with E-state index in [4.69, 9.17) is 17.0 Å². The summed E-state index contributed by atoms with van der Waals surface area (Å²) in [4.78, 5) is 21.2. The number of pyridine rings is 1. The van der Waals surface area contributed by atoms with Crippen LogP contribution < -0.4 is 5.32 Å². The van der Waals surface area contributed by atoms with Gasteiger partial charge in [0.05, 0.1) is 24.9 Å². The van der Waals surface area contributed by atoms with E-state index in [-0.39, 0.29) is 18.1 Å². The molecule has 0 radical (unpaired) electrons. The maximum absolute atomic E-state index is 11.4. The van der Waals surface area contributed by atoms with E-state index in [0.717, 1.165) is 11.4 Å². The van der Waals surface area contributed by atoms with Crippen molar-refractivity contribution in [3.8, 4) is 0 Å². The molecule has 0 spiro atoms. The molecule has 0 bridgehead atoms. The Morgan fingerprint density at radius 2 is 2.25 bits per heavy atom. The number of methoxy groups -OCH3 is 1. The number of aromatic nitrogens is 2. The number of carbonyl (C=O) groups is 1. The van der Waals surface area contributed by atoms with Gasteiger partial charge in [0.2, 0.25) is 0 Å². The first kappa shape index (κ1) is 16.4. The van der Waals surface area contributed by atoms with Gasteiger partial charge in [-0.25, -0.2) is 0 Å². The van der Waals surface area contributed by atoms with Crippen LogP contribution in [-0.4, -0.2) is 39.6 Å². The number of nitrogens with one attached hydrogen (secondary N) is 2. The highest BCUT2D eigenvalue weighted by Gasteiger charge is 2.39. The van der Waals surface area contributed by atoms with Crippen molar-refractivity contribution in [1.82, 2.24) is 20.2 Å². The topological polar surface area (TPSA) is 70.2 Å². The molecule has 1 fully saturated rings. The van der Waals surface area contributed by atoms with Crippen molar-refractivity contribution >= 4 is 23.3 Å².